The van der Waals surface area contributed by atoms with Crippen molar-refractivity contribution in [3.8, 4) is 0 Å². The van der Waals surface area contributed by atoms with Gasteiger partial charge in [-0.05, 0) is 35.9 Å². The second kappa shape index (κ2) is 5.36. The Labute approximate surface area is 103 Å². The van der Waals surface area contributed by atoms with Gasteiger partial charge in [0.1, 0.15) is 11.6 Å². The van der Waals surface area contributed by atoms with Gasteiger partial charge in [-0.25, -0.2) is 8.78 Å². The fourth-order valence-corrected chi connectivity index (χ4v) is 1.52. The maximum Gasteiger partial charge on any atom is 0.185 e. The quantitative estimate of drug-likeness (QED) is 0.592. The molecule has 0 amide bonds. The summed E-state index contributed by atoms with van der Waals surface area (Å²) in [5.74, 6) is -1.14. The van der Waals surface area contributed by atoms with E-state index >= 15 is 0 Å². The van der Waals surface area contributed by atoms with Crippen LogP contribution in [0.4, 0.5) is 8.78 Å². The average molecular weight is 244 g/mol. The third-order valence-electron chi connectivity index (χ3n) is 2.38. The van der Waals surface area contributed by atoms with Gasteiger partial charge in [0.05, 0.1) is 0 Å². The van der Waals surface area contributed by atoms with Gasteiger partial charge in [0.25, 0.3) is 0 Å². The van der Waals surface area contributed by atoms with Crippen molar-refractivity contribution in [2.45, 2.75) is 0 Å². The minimum Gasteiger partial charge on any atom is -0.289 e. The Hall–Kier alpha value is -2.29. The van der Waals surface area contributed by atoms with E-state index in [1.807, 2.05) is 0 Å². The van der Waals surface area contributed by atoms with Crippen molar-refractivity contribution in [2.24, 2.45) is 0 Å². The van der Waals surface area contributed by atoms with Crippen LogP contribution in [-0.4, -0.2) is 5.78 Å². The Morgan fingerprint density at radius 1 is 0.944 bits per heavy atom. The Bertz CT molecular complexity index is 603. The molecule has 0 saturated heterocycles. The summed E-state index contributed by atoms with van der Waals surface area (Å²) >= 11 is 0. The van der Waals surface area contributed by atoms with Crippen LogP contribution in [0.2, 0.25) is 0 Å². The maximum atomic E-state index is 12.9. The predicted octanol–water partition coefficient (Wildman–Crippen LogP) is 3.86. The van der Waals surface area contributed by atoms with Gasteiger partial charge in [-0.2, -0.15) is 0 Å². The number of ketones is 1. The van der Waals surface area contributed by atoms with E-state index in [0.29, 0.717) is 5.56 Å². The smallest absolute Gasteiger partial charge is 0.185 e. The van der Waals surface area contributed by atoms with Crippen LogP contribution in [0.15, 0.2) is 54.6 Å². The molecule has 0 spiro atoms. The monoisotopic (exact) mass is 244 g/mol. The van der Waals surface area contributed by atoms with E-state index in [-0.39, 0.29) is 17.2 Å². The van der Waals surface area contributed by atoms with E-state index in [2.05, 4.69) is 0 Å². The van der Waals surface area contributed by atoms with Crippen LogP contribution in [0.5, 0.6) is 0 Å². The molecule has 3 heteroatoms. The number of hydrogen-bond acceptors (Lipinski definition) is 1. The summed E-state index contributed by atoms with van der Waals surface area (Å²) in [6.07, 6.45) is 2.79. The number of allylic oxidation sites excluding steroid dienone is 1. The summed E-state index contributed by atoms with van der Waals surface area (Å²) in [5.41, 5.74) is 0.849. The Balaban J connectivity index is 2.17. The first-order valence-electron chi connectivity index (χ1n) is 5.39. The number of carbonyl (C=O) groups is 1. The molecule has 18 heavy (non-hydrogen) atoms. The molecular weight excluding hydrogens is 234 g/mol. The summed E-state index contributed by atoms with van der Waals surface area (Å²) in [5, 5.41) is 0. The third-order valence-corrected chi connectivity index (χ3v) is 2.38. The molecule has 0 fully saturated rings. The normalized spacial score (nSPS) is 10.8. The first-order valence-corrected chi connectivity index (χ1v) is 5.39. The van der Waals surface area contributed by atoms with Crippen molar-refractivity contribution >= 4 is 11.9 Å². The van der Waals surface area contributed by atoms with E-state index in [0.717, 1.165) is 6.07 Å². The molecule has 2 aromatic carbocycles. The molecule has 0 heterocycles. The second-order valence-corrected chi connectivity index (χ2v) is 3.76. The Morgan fingerprint density at radius 3 is 2.28 bits per heavy atom. The van der Waals surface area contributed by atoms with Gasteiger partial charge >= 0.3 is 0 Å². The van der Waals surface area contributed by atoms with Crippen LogP contribution < -0.4 is 0 Å². The lowest BCUT2D eigenvalue weighted by atomic mass is 10.1. The van der Waals surface area contributed by atoms with Crippen molar-refractivity contribution in [3.05, 3.63) is 77.4 Å². The summed E-state index contributed by atoms with van der Waals surface area (Å²) in [4.78, 5) is 11.7. The zero-order valence-corrected chi connectivity index (χ0v) is 9.44. The van der Waals surface area contributed by atoms with Gasteiger partial charge < -0.3 is 0 Å². The topological polar surface area (TPSA) is 17.1 Å². The van der Waals surface area contributed by atoms with Gasteiger partial charge in [-0.1, -0.05) is 30.3 Å². The van der Waals surface area contributed by atoms with Gasteiger partial charge in [0, 0.05) is 5.56 Å². The molecule has 0 radical (unpaired) electrons. The fraction of sp³-hybridized carbons (Fsp3) is 0. The molecule has 0 saturated carbocycles. The van der Waals surface area contributed by atoms with Crippen LogP contribution in [-0.2, 0) is 0 Å². The lowest BCUT2D eigenvalue weighted by Gasteiger charge is -1.96. The lowest BCUT2D eigenvalue weighted by molar-refractivity contribution is 0.104. The number of carbonyl (C=O) groups excluding carboxylic acids is 1. The molecule has 1 nitrogen and oxygen atoms in total. The van der Waals surface area contributed by atoms with E-state index in [4.69, 9.17) is 0 Å². The SMILES string of the molecule is O=C(C=Cc1cccc(F)c1)c1cccc(F)c1. The maximum absolute atomic E-state index is 12.9. The molecule has 2 rings (SSSR count). The predicted molar refractivity (Wildman–Crippen MR) is 66.2 cm³/mol. The van der Waals surface area contributed by atoms with E-state index in [1.165, 1.54) is 42.5 Å². The molecule has 0 atom stereocenters. The Morgan fingerprint density at radius 2 is 1.61 bits per heavy atom. The minimum atomic E-state index is -0.458. The number of rotatable bonds is 3. The zero-order valence-electron chi connectivity index (χ0n) is 9.44. The molecule has 0 bridgehead atoms. The van der Waals surface area contributed by atoms with E-state index < -0.39 is 5.82 Å². The molecule has 0 aliphatic heterocycles. The standard InChI is InChI=1S/C15H10F2O/c16-13-5-1-3-11(9-13)7-8-15(18)12-4-2-6-14(17)10-12/h1-10H. The van der Waals surface area contributed by atoms with Gasteiger partial charge in [0.15, 0.2) is 5.78 Å². The van der Waals surface area contributed by atoms with Gasteiger partial charge in [-0.15, -0.1) is 0 Å². The van der Waals surface area contributed by atoms with Crippen LogP contribution >= 0.6 is 0 Å². The highest BCUT2D eigenvalue weighted by Crippen LogP contribution is 2.09. The number of hydrogen-bond donors (Lipinski definition) is 0. The first kappa shape index (κ1) is 12.2. The summed E-state index contributed by atoms with van der Waals surface area (Å²) in [7, 11) is 0. The Kier molecular flexibility index (Phi) is 3.63. The molecule has 0 N–H and O–H groups in total. The van der Waals surface area contributed by atoms with Crippen molar-refractivity contribution in [3.63, 3.8) is 0 Å². The third kappa shape index (κ3) is 3.10. The molecular formula is C15H10F2O. The highest BCUT2D eigenvalue weighted by Gasteiger charge is 2.02. The summed E-state index contributed by atoms with van der Waals surface area (Å²) in [6.45, 7) is 0. The highest BCUT2D eigenvalue weighted by molar-refractivity contribution is 6.06. The van der Waals surface area contributed by atoms with Crippen LogP contribution in [0, 0.1) is 11.6 Å². The fourth-order valence-electron chi connectivity index (χ4n) is 1.52. The van der Waals surface area contributed by atoms with E-state index in [1.54, 1.807) is 12.1 Å². The van der Waals surface area contributed by atoms with Crippen molar-refractivity contribution in [2.75, 3.05) is 0 Å². The second-order valence-electron chi connectivity index (χ2n) is 3.76. The molecule has 90 valence electrons. The van der Waals surface area contributed by atoms with Crippen LogP contribution in [0.3, 0.4) is 0 Å². The summed E-state index contributed by atoms with van der Waals surface area (Å²) < 4.78 is 25.8. The molecule has 0 aliphatic carbocycles. The van der Waals surface area contributed by atoms with Gasteiger partial charge in [0.2, 0.25) is 0 Å². The molecule has 2 aromatic rings. The molecule has 0 aromatic heterocycles. The lowest BCUT2D eigenvalue weighted by Crippen LogP contribution is -1.94. The average Bonchev–Trinajstić information content (AvgIpc) is 2.36. The van der Waals surface area contributed by atoms with E-state index in [9.17, 15) is 13.6 Å². The zero-order chi connectivity index (χ0) is 13.0. The number of benzene rings is 2. The first-order chi connectivity index (χ1) is 8.65. The van der Waals surface area contributed by atoms with Crippen LogP contribution in [0.25, 0.3) is 6.08 Å². The molecule has 0 aliphatic rings. The number of halogens is 2. The van der Waals surface area contributed by atoms with Gasteiger partial charge in [-0.3, -0.25) is 4.79 Å². The molecule has 0 unspecified atom stereocenters. The highest BCUT2D eigenvalue weighted by atomic mass is 19.1. The van der Waals surface area contributed by atoms with Crippen LogP contribution in [0.1, 0.15) is 15.9 Å². The largest absolute Gasteiger partial charge is 0.289 e. The minimum absolute atomic E-state index is 0.266. The van der Waals surface area contributed by atoms with Crippen molar-refractivity contribution in [1.29, 1.82) is 0 Å². The van der Waals surface area contributed by atoms with Crippen molar-refractivity contribution < 1.29 is 13.6 Å². The van der Waals surface area contributed by atoms with Crippen molar-refractivity contribution in [1.82, 2.24) is 0 Å². The summed E-state index contributed by atoms with van der Waals surface area (Å²) in [6, 6.07) is 11.3.